The quantitative estimate of drug-likeness (QED) is 0.340. The zero-order valence-electron chi connectivity index (χ0n) is 14.5. The van der Waals surface area contributed by atoms with Gasteiger partial charge >= 0.3 is 5.97 Å². The summed E-state index contributed by atoms with van der Waals surface area (Å²) in [4.78, 5) is 34.5. The van der Waals surface area contributed by atoms with Crippen LogP contribution in [0.4, 0.5) is 11.4 Å². The molecule has 2 aromatic rings. The number of nitro benzene ring substituents is 1. The average Bonchev–Trinajstić information content (AvgIpc) is 3.19. The van der Waals surface area contributed by atoms with Gasteiger partial charge in [-0.2, -0.15) is 0 Å². The van der Waals surface area contributed by atoms with Gasteiger partial charge in [0.25, 0.3) is 11.6 Å². The van der Waals surface area contributed by atoms with Gasteiger partial charge in [0.2, 0.25) is 0 Å². The first-order valence-electron chi connectivity index (χ1n) is 8.05. The summed E-state index contributed by atoms with van der Waals surface area (Å²) in [6.45, 7) is 1.08. The van der Waals surface area contributed by atoms with Gasteiger partial charge in [-0.15, -0.1) is 0 Å². The van der Waals surface area contributed by atoms with Gasteiger partial charge in [-0.1, -0.05) is 0 Å². The van der Waals surface area contributed by atoms with Gasteiger partial charge in [0, 0.05) is 24.4 Å². The molecule has 144 valence electrons. The highest BCUT2D eigenvalue weighted by atomic mass is 16.6. The fourth-order valence-electron chi connectivity index (χ4n) is 2.26. The Hall–Kier alpha value is -3.40. The Balaban J connectivity index is 2.02. The second-order valence-corrected chi connectivity index (χ2v) is 5.52. The molecule has 2 rings (SSSR count). The molecule has 1 aromatic carbocycles. The van der Waals surface area contributed by atoms with Gasteiger partial charge in [-0.05, 0) is 25.1 Å². The minimum absolute atomic E-state index is 0.107. The van der Waals surface area contributed by atoms with Crippen LogP contribution in [0.3, 0.4) is 0 Å². The number of ether oxygens (including phenoxy) is 1. The number of aliphatic hydroxyl groups excluding tert-OH is 1. The van der Waals surface area contributed by atoms with E-state index in [1.165, 1.54) is 18.4 Å². The van der Waals surface area contributed by atoms with Crippen LogP contribution in [-0.4, -0.2) is 41.7 Å². The maximum atomic E-state index is 12.3. The molecule has 0 bridgehead atoms. The summed E-state index contributed by atoms with van der Waals surface area (Å²) in [6.07, 6.45) is 1.47. The number of carbonyl (C=O) groups excluding carboxylic acids is 2. The number of nitro groups is 1. The summed E-state index contributed by atoms with van der Waals surface area (Å²) in [5, 5.41) is 25.2. The van der Waals surface area contributed by atoms with Crippen molar-refractivity contribution in [1.29, 1.82) is 0 Å². The second kappa shape index (κ2) is 9.34. The second-order valence-electron chi connectivity index (χ2n) is 5.52. The predicted molar refractivity (Wildman–Crippen MR) is 94.2 cm³/mol. The van der Waals surface area contributed by atoms with E-state index >= 15 is 0 Å². The fraction of sp³-hybridized carbons (Fsp3) is 0.294. The molecule has 0 aliphatic heterocycles. The topological polar surface area (TPSA) is 144 Å². The Morgan fingerprint density at radius 1 is 1.37 bits per heavy atom. The van der Waals surface area contributed by atoms with E-state index in [2.05, 4.69) is 10.6 Å². The lowest BCUT2D eigenvalue weighted by Gasteiger charge is -2.13. The summed E-state index contributed by atoms with van der Waals surface area (Å²) in [5.41, 5.74) is -0.152. The molecule has 0 fully saturated rings. The zero-order valence-corrected chi connectivity index (χ0v) is 14.5. The van der Waals surface area contributed by atoms with E-state index in [0.29, 0.717) is 5.76 Å². The Morgan fingerprint density at radius 3 is 2.78 bits per heavy atom. The van der Waals surface area contributed by atoms with Crippen LogP contribution in [0.5, 0.6) is 0 Å². The summed E-state index contributed by atoms with van der Waals surface area (Å²) >= 11 is 0. The van der Waals surface area contributed by atoms with Crippen molar-refractivity contribution in [2.75, 3.05) is 25.1 Å². The number of nitrogens with zero attached hydrogens (tertiary/aromatic N) is 1. The van der Waals surface area contributed by atoms with Gasteiger partial charge in [0.1, 0.15) is 5.76 Å². The number of hydrogen-bond acceptors (Lipinski definition) is 8. The normalized spacial score (nSPS) is 11.5. The van der Waals surface area contributed by atoms with Crippen LogP contribution in [0.25, 0.3) is 0 Å². The molecule has 10 heteroatoms. The van der Waals surface area contributed by atoms with Crippen molar-refractivity contribution < 1.29 is 28.8 Å². The minimum atomic E-state index is -0.903. The molecule has 3 N–H and O–H groups in total. The van der Waals surface area contributed by atoms with Crippen molar-refractivity contribution >= 4 is 23.3 Å². The van der Waals surface area contributed by atoms with E-state index in [9.17, 15) is 19.7 Å². The molecule has 0 aliphatic carbocycles. The van der Waals surface area contributed by atoms with Crippen LogP contribution < -0.4 is 10.6 Å². The lowest BCUT2D eigenvalue weighted by Crippen LogP contribution is -2.31. The van der Waals surface area contributed by atoms with E-state index in [1.54, 1.807) is 19.1 Å². The number of furan rings is 1. The highest BCUT2D eigenvalue weighted by Gasteiger charge is 2.20. The Bertz CT molecular complexity index is 805. The summed E-state index contributed by atoms with van der Waals surface area (Å²) < 4.78 is 10.1. The third-order valence-electron chi connectivity index (χ3n) is 3.54. The molecule has 1 amide bonds. The molecule has 0 saturated carbocycles. The largest absolute Gasteiger partial charge is 0.467 e. The number of benzene rings is 1. The number of hydrogen-bond donors (Lipinski definition) is 3. The van der Waals surface area contributed by atoms with Gasteiger partial charge in [-0.3, -0.25) is 14.9 Å². The molecule has 0 spiro atoms. The molecular formula is C17H19N3O7. The number of rotatable bonds is 9. The average molecular weight is 377 g/mol. The van der Waals surface area contributed by atoms with Crippen molar-refractivity contribution in [3.8, 4) is 0 Å². The lowest BCUT2D eigenvalue weighted by atomic mass is 10.1. The smallest absolute Gasteiger partial charge is 0.341 e. The van der Waals surface area contributed by atoms with E-state index in [4.69, 9.17) is 14.3 Å². The van der Waals surface area contributed by atoms with Crippen molar-refractivity contribution in [2.45, 2.75) is 13.0 Å². The Labute approximate surface area is 154 Å². The van der Waals surface area contributed by atoms with Crippen LogP contribution in [0.1, 0.15) is 29.1 Å². The monoisotopic (exact) mass is 377 g/mol. The van der Waals surface area contributed by atoms with Crippen molar-refractivity contribution in [3.63, 3.8) is 0 Å². The molecule has 1 atom stereocenters. The van der Waals surface area contributed by atoms with E-state index < -0.39 is 29.4 Å². The molecular weight excluding hydrogens is 358 g/mol. The SMILES string of the molecule is C[C@@H](NC(=O)COC(=O)c1cc([N+](=O)[O-])ccc1NCCO)c1ccco1. The standard InChI is InChI=1S/C17H19N3O7/c1-11(15-3-2-8-26-15)19-16(22)10-27-17(23)13-9-12(20(24)25)4-5-14(13)18-6-7-21/h2-5,8-9,11,18,21H,6-7,10H2,1H3,(H,19,22)/t11-/m1/s1. The number of carbonyl (C=O) groups is 2. The molecule has 0 saturated heterocycles. The lowest BCUT2D eigenvalue weighted by molar-refractivity contribution is -0.384. The molecule has 0 radical (unpaired) electrons. The maximum absolute atomic E-state index is 12.3. The molecule has 10 nitrogen and oxygen atoms in total. The van der Waals surface area contributed by atoms with Crippen LogP contribution in [0.2, 0.25) is 0 Å². The molecule has 27 heavy (non-hydrogen) atoms. The highest BCUT2D eigenvalue weighted by molar-refractivity contribution is 5.97. The van der Waals surface area contributed by atoms with E-state index in [1.807, 2.05) is 0 Å². The van der Waals surface area contributed by atoms with Crippen molar-refractivity contribution in [3.05, 3.63) is 58.0 Å². The number of esters is 1. The van der Waals surface area contributed by atoms with E-state index in [-0.39, 0.29) is 30.1 Å². The third-order valence-corrected chi connectivity index (χ3v) is 3.54. The number of non-ortho nitro benzene ring substituents is 1. The number of aliphatic hydroxyl groups is 1. The van der Waals surface area contributed by atoms with Crippen molar-refractivity contribution in [1.82, 2.24) is 5.32 Å². The predicted octanol–water partition coefficient (Wildman–Crippen LogP) is 1.63. The molecule has 1 aromatic heterocycles. The van der Waals surface area contributed by atoms with Gasteiger partial charge in [-0.25, -0.2) is 4.79 Å². The molecule has 1 heterocycles. The first-order chi connectivity index (χ1) is 12.9. The van der Waals surface area contributed by atoms with Gasteiger partial charge in [0.15, 0.2) is 6.61 Å². The first kappa shape index (κ1) is 19.9. The summed E-state index contributed by atoms with van der Waals surface area (Å²) in [7, 11) is 0. The van der Waals surface area contributed by atoms with Crippen LogP contribution >= 0.6 is 0 Å². The van der Waals surface area contributed by atoms with Crippen molar-refractivity contribution in [2.24, 2.45) is 0 Å². The highest BCUT2D eigenvalue weighted by Crippen LogP contribution is 2.23. The Kier molecular flexibility index (Phi) is 6.89. The first-order valence-corrected chi connectivity index (χ1v) is 8.05. The van der Waals surface area contributed by atoms with E-state index in [0.717, 1.165) is 6.07 Å². The number of nitrogens with one attached hydrogen (secondary N) is 2. The number of anilines is 1. The van der Waals surface area contributed by atoms with Crippen LogP contribution in [0, 0.1) is 10.1 Å². The third kappa shape index (κ3) is 5.54. The zero-order chi connectivity index (χ0) is 19.8. The molecule has 0 unspecified atom stereocenters. The van der Waals surface area contributed by atoms with Crippen LogP contribution in [-0.2, 0) is 9.53 Å². The fourth-order valence-corrected chi connectivity index (χ4v) is 2.26. The van der Waals surface area contributed by atoms with Crippen LogP contribution in [0.15, 0.2) is 41.0 Å². The maximum Gasteiger partial charge on any atom is 0.341 e. The molecule has 0 aliphatic rings. The minimum Gasteiger partial charge on any atom is -0.467 e. The van der Waals surface area contributed by atoms with Gasteiger partial charge < -0.3 is 24.9 Å². The Morgan fingerprint density at radius 2 is 2.15 bits per heavy atom. The van der Waals surface area contributed by atoms with Gasteiger partial charge in [0.05, 0.1) is 29.4 Å². The summed E-state index contributed by atoms with van der Waals surface area (Å²) in [5.74, 6) is -0.911. The summed E-state index contributed by atoms with van der Waals surface area (Å²) in [6, 6.07) is 6.56. The number of amides is 1.